The van der Waals surface area contributed by atoms with E-state index in [1.54, 1.807) is 40.4 Å². The number of furan rings is 1. The molecule has 25 heavy (non-hydrogen) atoms. The monoisotopic (exact) mass is 372 g/mol. The van der Waals surface area contributed by atoms with E-state index in [0.29, 0.717) is 22.3 Å². The maximum absolute atomic E-state index is 13.9. The molecule has 4 aromatic rings. The summed E-state index contributed by atoms with van der Waals surface area (Å²) in [7, 11) is 1.83. The molecule has 0 amide bonds. The van der Waals surface area contributed by atoms with Crippen molar-refractivity contribution in [2.24, 2.45) is 7.05 Å². The van der Waals surface area contributed by atoms with Gasteiger partial charge in [-0.25, -0.2) is 9.37 Å². The zero-order valence-corrected chi connectivity index (χ0v) is 14.9. The molecule has 3 aromatic heterocycles. The van der Waals surface area contributed by atoms with Crippen molar-refractivity contribution in [2.75, 3.05) is 0 Å². The predicted octanol–water partition coefficient (Wildman–Crippen LogP) is 4.63. The van der Waals surface area contributed by atoms with Crippen LogP contribution in [0.4, 0.5) is 4.39 Å². The summed E-state index contributed by atoms with van der Waals surface area (Å²) in [5, 5.41) is 11.9. The van der Waals surface area contributed by atoms with Crippen LogP contribution in [-0.2, 0) is 12.8 Å². The lowest BCUT2D eigenvalue weighted by Gasteiger charge is -2.04. The molecule has 1 aromatic carbocycles. The minimum absolute atomic E-state index is 0.308. The molecule has 0 fully saturated rings. The molecule has 0 N–H and O–H groups in total. The molecular weight excluding hydrogens is 359 g/mol. The van der Waals surface area contributed by atoms with Crippen LogP contribution in [0.5, 0.6) is 0 Å². The molecule has 5 nitrogen and oxygen atoms in total. The fourth-order valence-corrected chi connectivity index (χ4v) is 4.04. The molecule has 0 atom stereocenters. The first-order valence-corrected chi connectivity index (χ1v) is 9.34. The SMILES string of the molecule is Cn1c(SCc2csc(-c3ccco3)n2)nnc1-c1ccccc1F. The Kier molecular flexibility index (Phi) is 4.37. The summed E-state index contributed by atoms with van der Waals surface area (Å²) >= 11 is 3.05. The summed E-state index contributed by atoms with van der Waals surface area (Å²) in [6, 6.07) is 10.3. The standard InChI is InChI=1S/C17H13FN4OS2/c1-22-15(12-5-2-3-6-13(12)18)20-21-17(22)25-10-11-9-24-16(19-11)14-7-4-8-23-14/h2-9H,10H2,1H3. The lowest BCUT2D eigenvalue weighted by atomic mass is 10.2. The van der Waals surface area contributed by atoms with E-state index in [9.17, 15) is 4.39 Å². The van der Waals surface area contributed by atoms with Crippen LogP contribution in [0.3, 0.4) is 0 Å². The Morgan fingerprint density at radius 3 is 2.88 bits per heavy atom. The van der Waals surface area contributed by atoms with Crippen LogP contribution in [-0.4, -0.2) is 19.7 Å². The lowest BCUT2D eigenvalue weighted by Crippen LogP contribution is -1.96. The average molecular weight is 372 g/mol. The fraction of sp³-hybridized carbons (Fsp3) is 0.118. The molecule has 0 saturated carbocycles. The fourth-order valence-electron chi connectivity index (χ4n) is 2.34. The first kappa shape index (κ1) is 16.0. The van der Waals surface area contributed by atoms with Crippen LogP contribution in [0.2, 0.25) is 0 Å². The Morgan fingerprint density at radius 2 is 2.08 bits per heavy atom. The molecule has 0 aliphatic heterocycles. The van der Waals surface area contributed by atoms with Gasteiger partial charge in [0.2, 0.25) is 0 Å². The number of aromatic nitrogens is 4. The molecule has 126 valence electrons. The van der Waals surface area contributed by atoms with Gasteiger partial charge < -0.3 is 8.98 Å². The molecule has 0 bridgehead atoms. The van der Waals surface area contributed by atoms with E-state index in [4.69, 9.17) is 4.42 Å². The van der Waals surface area contributed by atoms with Crippen molar-refractivity contribution < 1.29 is 8.81 Å². The highest BCUT2D eigenvalue weighted by atomic mass is 32.2. The molecule has 0 aliphatic rings. The maximum atomic E-state index is 13.9. The Balaban J connectivity index is 1.50. The summed E-state index contributed by atoms with van der Waals surface area (Å²) in [5.74, 6) is 1.62. The molecule has 0 aliphatic carbocycles. The molecule has 4 rings (SSSR count). The number of thioether (sulfide) groups is 1. The Bertz CT molecular complexity index is 994. The van der Waals surface area contributed by atoms with Crippen molar-refractivity contribution in [3.8, 4) is 22.2 Å². The molecule has 8 heteroatoms. The van der Waals surface area contributed by atoms with Gasteiger partial charge >= 0.3 is 0 Å². The Morgan fingerprint density at radius 1 is 1.20 bits per heavy atom. The number of nitrogens with zero attached hydrogens (tertiary/aromatic N) is 4. The van der Waals surface area contributed by atoms with Crippen molar-refractivity contribution in [2.45, 2.75) is 10.9 Å². The highest BCUT2D eigenvalue weighted by molar-refractivity contribution is 7.98. The van der Waals surface area contributed by atoms with Crippen molar-refractivity contribution in [3.05, 3.63) is 59.6 Å². The molecule has 3 heterocycles. The Labute approximate surface area is 151 Å². The highest BCUT2D eigenvalue weighted by Gasteiger charge is 2.15. The van der Waals surface area contributed by atoms with Crippen molar-refractivity contribution in [1.29, 1.82) is 0 Å². The number of hydrogen-bond donors (Lipinski definition) is 0. The van der Waals surface area contributed by atoms with Gasteiger partial charge in [-0.3, -0.25) is 0 Å². The zero-order valence-electron chi connectivity index (χ0n) is 13.2. The van der Waals surface area contributed by atoms with Gasteiger partial charge in [0, 0.05) is 18.2 Å². The molecule has 0 radical (unpaired) electrons. The van der Waals surface area contributed by atoms with Gasteiger partial charge in [-0.15, -0.1) is 21.5 Å². The topological polar surface area (TPSA) is 56.7 Å². The maximum Gasteiger partial charge on any atom is 0.191 e. The summed E-state index contributed by atoms with van der Waals surface area (Å²) < 4.78 is 21.1. The van der Waals surface area contributed by atoms with Gasteiger partial charge in [0.15, 0.2) is 21.7 Å². The van der Waals surface area contributed by atoms with Crippen LogP contribution >= 0.6 is 23.1 Å². The smallest absolute Gasteiger partial charge is 0.191 e. The molecule has 0 unspecified atom stereocenters. The third-order valence-electron chi connectivity index (χ3n) is 3.58. The predicted molar refractivity (Wildman–Crippen MR) is 95.8 cm³/mol. The number of rotatable bonds is 5. The summed E-state index contributed by atoms with van der Waals surface area (Å²) in [5.41, 5.74) is 1.38. The van der Waals surface area contributed by atoms with Crippen molar-refractivity contribution in [3.63, 3.8) is 0 Å². The van der Waals surface area contributed by atoms with Crippen LogP contribution < -0.4 is 0 Å². The quantitative estimate of drug-likeness (QED) is 0.478. The van der Waals surface area contributed by atoms with E-state index in [2.05, 4.69) is 15.2 Å². The minimum Gasteiger partial charge on any atom is -0.462 e. The minimum atomic E-state index is -0.308. The summed E-state index contributed by atoms with van der Waals surface area (Å²) in [6.45, 7) is 0. The third kappa shape index (κ3) is 3.22. The van der Waals surface area contributed by atoms with Gasteiger partial charge in [0.05, 0.1) is 17.5 Å². The second-order valence-corrected chi connectivity index (χ2v) is 7.06. The molecule has 0 saturated heterocycles. The molecular formula is C17H13FN4OS2. The van der Waals surface area contributed by atoms with E-state index < -0.39 is 0 Å². The number of halogens is 1. The van der Waals surface area contributed by atoms with Crippen molar-refractivity contribution in [1.82, 2.24) is 19.7 Å². The van der Waals surface area contributed by atoms with E-state index >= 15 is 0 Å². The van der Waals surface area contributed by atoms with Gasteiger partial charge in [0.1, 0.15) is 5.82 Å². The second kappa shape index (κ2) is 6.81. The van der Waals surface area contributed by atoms with Gasteiger partial charge in [0.25, 0.3) is 0 Å². The summed E-state index contributed by atoms with van der Waals surface area (Å²) in [6.07, 6.45) is 1.63. The van der Waals surface area contributed by atoms with E-state index in [0.717, 1.165) is 16.5 Å². The first-order chi connectivity index (χ1) is 12.2. The van der Waals surface area contributed by atoms with Crippen LogP contribution in [0.1, 0.15) is 5.69 Å². The largest absolute Gasteiger partial charge is 0.462 e. The van der Waals surface area contributed by atoms with E-state index in [-0.39, 0.29) is 5.82 Å². The van der Waals surface area contributed by atoms with Gasteiger partial charge in [-0.05, 0) is 24.3 Å². The van der Waals surface area contributed by atoms with Crippen LogP contribution in [0, 0.1) is 5.82 Å². The number of hydrogen-bond acceptors (Lipinski definition) is 6. The van der Waals surface area contributed by atoms with Crippen LogP contribution in [0.15, 0.2) is 57.6 Å². The molecule has 0 spiro atoms. The third-order valence-corrected chi connectivity index (χ3v) is 5.54. The van der Waals surface area contributed by atoms with Crippen LogP contribution in [0.25, 0.3) is 22.2 Å². The van der Waals surface area contributed by atoms with Crippen molar-refractivity contribution >= 4 is 23.1 Å². The second-order valence-electron chi connectivity index (χ2n) is 5.26. The normalized spacial score (nSPS) is 11.1. The highest BCUT2D eigenvalue weighted by Crippen LogP contribution is 2.29. The van der Waals surface area contributed by atoms with Gasteiger partial charge in [-0.2, -0.15) is 0 Å². The number of thiazole rings is 1. The number of benzene rings is 1. The van der Waals surface area contributed by atoms with E-state index in [1.807, 2.05) is 24.6 Å². The lowest BCUT2D eigenvalue weighted by molar-refractivity contribution is 0.581. The average Bonchev–Trinajstić information content (AvgIpc) is 3.35. The zero-order chi connectivity index (χ0) is 17.2. The van der Waals surface area contributed by atoms with Gasteiger partial charge in [-0.1, -0.05) is 23.9 Å². The Hall–Kier alpha value is -2.45. The summed E-state index contributed by atoms with van der Waals surface area (Å²) in [4.78, 5) is 4.56. The van der Waals surface area contributed by atoms with E-state index in [1.165, 1.54) is 17.8 Å². The first-order valence-electron chi connectivity index (χ1n) is 7.48.